The number of hydrogen-bond donors (Lipinski definition) is 1. The molecule has 2 rings (SSSR count). The van der Waals surface area contributed by atoms with Gasteiger partial charge in [-0.05, 0) is 26.0 Å². The fourth-order valence-corrected chi connectivity index (χ4v) is 1.48. The van der Waals surface area contributed by atoms with Gasteiger partial charge in [0.2, 0.25) is 0 Å². The van der Waals surface area contributed by atoms with Crippen molar-refractivity contribution in [2.75, 3.05) is 0 Å². The summed E-state index contributed by atoms with van der Waals surface area (Å²) in [6.07, 6.45) is 1.64. The normalized spacial score (nSPS) is 10.5. The van der Waals surface area contributed by atoms with Gasteiger partial charge in [-0.1, -0.05) is 0 Å². The van der Waals surface area contributed by atoms with Crippen molar-refractivity contribution >= 4 is 5.91 Å². The monoisotopic (exact) mass is 234 g/mol. The Morgan fingerprint density at radius 3 is 3.00 bits per heavy atom. The maximum atomic E-state index is 11.7. The molecular weight excluding hydrogens is 220 g/mol. The largest absolute Gasteiger partial charge is 0.456 e. The topological polar surface area (TPSA) is 73.0 Å². The van der Waals surface area contributed by atoms with E-state index in [-0.39, 0.29) is 5.91 Å². The highest BCUT2D eigenvalue weighted by Gasteiger charge is 2.11. The van der Waals surface area contributed by atoms with Crippen LogP contribution in [0.1, 0.15) is 29.1 Å². The molecule has 0 bridgehead atoms. The Bertz CT molecular complexity index is 515. The number of rotatable bonds is 4. The molecule has 0 aliphatic carbocycles. The molecule has 0 aliphatic rings. The molecule has 2 heterocycles. The molecule has 17 heavy (non-hydrogen) atoms. The second-order valence-electron chi connectivity index (χ2n) is 3.63. The maximum absolute atomic E-state index is 11.7. The molecule has 0 saturated heterocycles. The standard InChI is InChI=1S/C11H14N4O2/c1-3-15-7-13-14-10(15)6-12-11(16)9-5-4-8(2)17-9/h4-5,7H,3,6H2,1-2H3,(H,12,16). The number of furan rings is 1. The Kier molecular flexibility index (Phi) is 3.22. The van der Waals surface area contributed by atoms with Crippen LogP contribution in [0, 0.1) is 6.92 Å². The molecule has 90 valence electrons. The number of aromatic nitrogens is 3. The summed E-state index contributed by atoms with van der Waals surface area (Å²) in [6, 6.07) is 3.40. The van der Waals surface area contributed by atoms with Crippen LogP contribution in [0.25, 0.3) is 0 Å². The predicted octanol–water partition coefficient (Wildman–Crippen LogP) is 1.13. The third kappa shape index (κ3) is 2.52. The first kappa shape index (κ1) is 11.4. The predicted molar refractivity (Wildman–Crippen MR) is 60.3 cm³/mol. The van der Waals surface area contributed by atoms with Crippen LogP contribution in [0.4, 0.5) is 0 Å². The molecule has 1 amide bonds. The molecular formula is C11H14N4O2. The third-order valence-electron chi connectivity index (χ3n) is 2.41. The smallest absolute Gasteiger partial charge is 0.287 e. The Morgan fingerprint density at radius 2 is 2.35 bits per heavy atom. The van der Waals surface area contributed by atoms with Crippen molar-refractivity contribution in [1.82, 2.24) is 20.1 Å². The van der Waals surface area contributed by atoms with E-state index in [0.717, 1.165) is 12.4 Å². The van der Waals surface area contributed by atoms with Gasteiger partial charge in [0.15, 0.2) is 11.6 Å². The van der Waals surface area contributed by atoms with Crippen molar-refractivity contribution in [2.24, 2.45) is 0 Å². The highest BCUT2D eigenvalue weighted by Crippen LogP contribution is 2.06. The van der Waals surface area contributed by atoms with E-state index < -0.39 is 0 Å². The van der Waals surface area contributed by atoms with Crippen LogP contribution < -0.4 is 5.32 Å². The van der Waals surface area contributed by atoms with Gasteiger partial charge in [-0.3, -0.25) is 4.79 Å². The summed E-state index contributed by atoms with van der Waals surface area (Å²) in [6.45, 7) is 4.90. The van der Waals surface area contributed by atoms with Gasteiger partial charge < -0.3 is 14.3 Å². The molecule has 6 nitrogen and oxygen atoms in total. The minimum atomic E-state index is -0.247. The second kappa shape index (κ2) is 4.82. The number of carbonyl (C=O) groups excluding carboxylic acids is 1. The lowest BCUT2D eigenvalue weighted by Crippen LogP contribution is -2.24. The lowest BCUT2D eigenvalue weighted by molar-refractivity contribution is 0.0920. The summed E-state index contributed by atoms with van der Waals surface area (Å²) in [7, 11) is 0. The van der Waals surface area contributed by atoms with Gasteiger partial charge in [0, 0.05) is 6.54 Å². The number of carbonyl (C=O) groups is 1. The van der Waals surface area contributed by atoms with Gasteiger partial charge >= 0.3 is 0 Å². The van der Waals surface area contributed by atoms with Crippen molar-refractivity contribution < 1.29 is 9.21 Å². The highest BCUT2D eigenvalue weighted by atomic mass is 16.3. The second-order valence-corrected chi connectivity index (χ2v) is 3.63. The number of amides is 1. The molecule has 0 aliphatic heterocycles. The minimum absolute atomic E-state index is 0.247. The highest BCUT2D eigenvalue weighted by molar-refractivity contribution is 5.91. The van der Waals surface area contributed by atoms with Gasteiger partial charge in [0.1, 0.15) is 12.1 Å². The number of nitrogens with one attached hydrogen (secondary N) is 1. The first-order chi connectivity index (χ1) is 8.20. The van der Waals surface area contributed by atoms with Gasteiger partial charge in [-0.25, -0.2) is 0 Å². The van der Waals surface area contributed by atoms with Crippen LogP contribution in [0.3, 0.4) is 0 Å². The lowest BCUT2D eigenvalue weighted by Gasteiger charge is -2.04. The summed E-state index contributed by atoms with van der Waals surface area (Å²) in [5, 5.41) is 10.4. The molecule has 1 N–H and O–H groups in total. The van der Waals surface area contributed by atoms with Crippen molar-refractivity contribution in [3.8, 4) is 0 Å². The van der Waals surface area contributed by atoms with E-state index >= 15 is 0 Å². The van der Waals surface area contributed by atoms with Crippen LogP contribution >= 0.6 is 0 Å². The zero-order chi connectivity index (χ0) is 12.3. The van der Waals surface area contributed by atoms with E-state index in [4.69, 9.17) is 4.42 Å². The van der Waals surface area contributed by atoms with Crippen LogP contribution in [-0.2, 0) is 13.1 Å². The summed E-state index contributed by atoms with van der Waals surface area (Å²) in [5.41, 5.74) is 0. The Morgan fingerprint density at radius 1 is 1.53 bits per heavy atom. The van der Waals surface area contributed by atoms with E-state index in [1.807, 2.05) is 11.5 Å². The van der Waals surface area contributed by atoms with Crippen molar-refractivity contribution in [3.63, 3.8) is 0 Å². The SMILES string of the molecule is CCn1cnnc1CNC(=O)c1ccc(C)o1. The molecule has 0 aromatic carbocycles. The zero-order valence-corrected chi connectivity index (χ0v) is 9.80. The molecule has 0 atom stereocenters. The fraction of sp³-hybridized carbons (Fsp3) is 0.364. The summed E-state index contributed by atoms with van der Waals surface area (Å²) >= 11 is 0. The average molecular weight is 234 g/mol. The third-order valence-corrected chi connectivity index (χ3v) is 2.41. The summed E-state index contributed by atoms with van der Waals surface area (Å²) < 4.78 is 7.09. The summed E-state index contributed by atoms with van der Waals surface area (Å²) in [4.78, 5) is 11.7. The van der Waals surface area contributed by atoms with Gasteiger partial charge in [0.05, 0.1) is 6.54 Å². The van der Waals surface area contributed by atoms with Gasteiger partial charge in [0.25, 0.3) is 5.91 Å². The molecule has 6 heteroatoms. The van der Waals surface area contributed by atoms with Crippen LogP contribution in [0.15, 0.2) is 22.9 Å². The van der Waals surface area contributed by atoms with Crippen LogP contribution in [0.2, 0.25) is 0 Å². The van der Waals surface area contributed by atoms with Crippen LogP contribution in [-0.4, -0.2) is 20.7 Å². The van der Waals surface area contributed by atoms with E-state index in [1.165, 1.54) is 0 Å². The van der Waals surface area contributed by atoms with E-state index in [1.54, 1.807) is 25.4 Å². The molecule has 2 aromatic heterocycles. The molecule has 0 saturated carbocycles. The molecule has 0 unspecified atom stereocenters. The lowest BCUT2D eigenvalue weighted by atomic mass is 10.4. The Hall–Kier alpha value is -2.11. The zero-order valence-electron chi connectivity index (χ0n) is 9.80. The van der Waals surface area contributed by atoms with Crippen molar-refractivity contribution in [3.05, 3.63) is 35.8 Å². The van der Waals surface area contributed by atoms with Crippen molar-refractivity contribution in [1.29, 1.82) is 0 Å². The van der Waals surface area contributed by atoms with Gasteiger partial charge in [-0.2, -0.15) is 0 Å². The number of aryl methyl sites for hydroxylation is 2. The average Bonchev–Trinajstić information content (AvgIpc) is 2.94. The van der Waals surface area contributed by atoms with E-state index in [0.29, 0.717) is 18.1 Å². The Labute approximate surface area is 98.6 Å². The molecule has 2 aromatic rings. The number of hydrogen-bond acceptors (Lipinski definition) is 4. The maximum Gasteiger partial charge on any atom is 0.287 e. The summed E-state index contributed by atoms with van der Waals surface area (Å²) in [5.74, 6) is 1.50. The van der Waals surface area contributed by atoms with Crippen molar-refractivity contribution in [2.45, 2.75) is 26.9 Å². The first-order valence-electron chi connectivity index (χ1n) is 5.42. The quantitative estimate of drug-likeness (QED) is 0.860. The van der Waals surface area contributed by atoms with Gasteiger partial charge in [-0.15, -0.1) is 10.2 Å². The minimum Gasteiger partial charge on any atom is -0.456 e. The van der Waals surface area contributed by atoms with Crippen LogP contribution in [0.5, 0.6) is 0 Å². The van der Waals surface area contributed by atoms with E-state index in [2.05, 4.69) is 15.5 Å². The molecule has 0 spiro atoms. The number of nitrogens with zero attached hydrogens (tertiary/aromatic N) is 3. The van der Waals surface area contributed by atoms with E-state index in [9.17, 15) is 4.79 Å². The fourth-order valence-electron chi connectivity index (χ4n) is 1.48. The first-order valence-corrected chi connectivity index (χ1v) is 5.42. The molecule has 0 radical (unpaired) electrons. The Balaban J connectivity index is 1.97. The molecule has 0 fully saturated rings.